The van der Waals surface area contributed by atoms with Crippen LogP contribution < -0.4 is 10.1 Å². The Balaban J connectivity index is 2.07. The molecule has 0 saturated heterocycles. The summed E-state index contributed by atoms with van der Waals surface area (Å²) in [6, 6.07) is 14.7. The third-order valence-electron chi connectivity index (χ3n) is 3.12. The number of anilines is 1. The number of carbonyl (C=O) groups excluding carboxylic acids is 1. The zero-order valence-corrected chi connectivity index (χ0v) is 12.9. The van der Waals surface area contributed by atoms with Gasteiger partial charge >= 0.3 is 0 Å². The Morgan fingerprint density at radius 1 is 1.24 bits per heavy atom. The summed E-state index contributed by atoms with van der Waals surface area (Å²) in [5, 5.41) is 3.41. The Kier molecular flexibility index (Phi) is 5.23. The van der Waals surface area contributed by atoms with Gasteiger partial charge in [-0.15, -0.1) is 0 Å². The lowest BCUT2D eigenvalue weighted by atomic mass is 10.2. The fourth-order valence-electron chi connectivity index (χ4n) is 1.95. The number of nitrogens with one attached hydrogen (secondary N) is 1. The van der Waals surface area contributed by atoms with Gasteiger partial charge in [0, 0.05) is 10.7 Å². The lowest BCUT2D eigenvalue weighted by Gasteiger charge is -2.18. The quantitative estimate of drug-likeness (QED) is 0.886. The van der Waals surface area contributed by atoms with E-state index in [1.807, 2.05) is 38.1 Å². The zero-order valence-electron chi connectivity index (χ0n) is 12.1. The van der Waals surface area contributed by atoms with Gasteiger partial charge in [-0.1, -0.05) is 42.8 Å². The highest BCUT2D eigenvalue weighted by Crippen LogP contribution is 2.20. The molecule has 1 atom stereocenters. The van der Waals surface area contributed by atoms with Gasteiger partial charge in [0.2, 0.25) is 0 Å². The average Bonchev–Trinajstić information content (AvgIpc) is 2.46. The van der Waals surface area contributed by atoms with Gasteiger partial charge in [-0.25, -0.2) is 0 Å². The second-order valence-corrected chi connectivity index (χ2v) is 5.22. The fraction of sp³-hybridized carbons (Fsp3) is 0.235. The predicted molar refractivity (Wildman–Crippen MR) is 86.0 cm³/mol. The lowest BCUT2D eigenvalue weighted by molar-refractivity contribution is -0.122. The minimum atomic E-state index is -0.537. The van der Waals surface area contributed by atoms with Crippen LogP contribution in [0.5, 0.6) is 5.75 Å². The largest absolute Gasteiger partial charge is 0.480 e. The fourth-order valence-corrected chi connectivity index (χ4v) is 2.14. The van der Waals surface area contributed by atoms with Crippen LogP contribution in [0.3, 0.4) is 0 Å². The summed E-state index contributed by atoms with van der Waals surface area (Å²) in [6.45, 7) is 3.87. The number of rotatable bonds is 5. The number of ether oxygens (including phenoxy) is 1. The minimum absolute atomic E-state index is 0.178. The van der Waals surface area contributed by atoms with E-state index in [-0.39, 0.29) is 5.91 Å². The second-order valence-electron chi connectivity index (χ2n) is 4.78. The van der Waals surface area contributed by atoms with Gasteiger partial charge in [0.15, 0.2) is 6.10 Å². The summed E-state index contributed by atoms with van der Waals surface area (Å²) in [5.74, 6) is 0.550. The smallest absolute Gasteiger partial charge is 0.265 e. The summed E-state index contributed by atoms with van der Waals surface area (Å²) in [6.07, 6.45) is 0.0471. The van der Waals surface area contributed by atoms with Gasteiger partial charge in [0.1, 0.15) is 5.75 Å². The van der Waals surface area contributed by atoms with E-state index in [2.05, 4.69) is 5.32 Å². The maximum atomic E-state index is 12.3. The third kappa shape index (κ3) is 4.23. The molecule has 0 aromatic heterocycles. The maximum Gasteiger partial charge on any atom is 0.265 e. The molecule has 2 aromatic carbocycles. The summed E-state index contributed by atoms with van der Waals surface area (Å²) in [7, 11) is 0. The van der Waals surface area contributed by atoms with Crippen molar-refractivity contribution in [2.75, 3.05) is 5.32 Å². The van der Waals surface area contributed by atoms with Crippen molar-refractivity contribution in [3.8, 4) is 5.75 Å². The van der Waals surface area contributed by atoms with Crippen LogP contribution in [0, 0.1) is 6.92 Å². The van der Waals surface area contributed by atoms with Crippen LogP contribution in [0.2, 0.25) is 5.02 Å². The lowest BCUT2D eigenvalue weighted by Crippen LogP contribution is -2.32. The number of para-hydroxylation sites is 1. The van der Waals surface area contributed by atoms with Crippen LogP contribution in [0.1, 0.15) is 18.9 Å². The molecular formula is C17H18ClNO2. The molecule has 2 rings (SSSR count). The van der Waals surface area contributed by atoms with Gasteiger partial charge in [-0.3, -0.25) is 4.79 Å². The van der Waals surface area contributed by atoms with Crippen molar-refractivity contribution in [3.05, 3.63) is 59.1 Å². The Morgan fingerprint density at radius 3 is 2.67 bits per heavy atom. The molecule has 2 aromatic rings. The van der Waals surface area contributed by atoms with Crippen LogP contribution in [0.25, 0.3) is 0 Å². The maximum absolute atomic E-state index is 12.3. The van der Waals surface area contributed by atoms with Gasteiger partial charge in [-0.05, 0) is 43.2 Å². The van der Waals surface area contributed by atoms with E-state index in [4.69, 9.17) is 16.3 Å². The molecule has 21 heavy (non-hydrogen) atoms. The molecule has 110 valence electrons. The van der Waals surface area contributed by atoms with Crippen LogP contribution in [-0.4, -0.2) is 12.0 Å². The second kappa shape index (κ2) is 7.14. The van der Waals surface area contributed by atoms with E-state index in [0.717, 1.165) is 11.3 Å². The highest BCUT2D eigenvalue weighted by Gasteiger charge is 2.19. The molecule has 1 amide bonds. The number of amides is 1. The first-order valence-corrected chi connectivity index (χ1v) is 7.26. The first kappa shape index (κ1) is 15.4. The molecule has 1 N–H and O–H groups in total. The summed E-state index contributed by atoms with van der Waals surface area (Å²) >= 11 is 5.91. The predicted octanol–water partition coefficient (Wildman–Crippen LogP) is 4.44. The molecule has 3 nitrogen and oxygen atoms in total. The number of aryl methyl sites for hydroxylation is 1. The third-order valence-corrected chi connectivity index (χ3v) is 3.35. The van der Waals surface area contributed by atoms with E-state index < -0.39 is 6.10 Å². The van der Waals surface area contributed by atoms with Gasteiger partial charge in [0.25, 0.3) is 5.91 Å². The van der Waals surface area contributed by atoms with Crippen molar-refractivity contribution in [2.45, 2.75) is 26.4 Å². The Labute approximate surface area is 129 Å². The number of hydrogen-bond acceptors (Lipinski definition) is 2. The molecule has 0 saturated carbocycles. The summed E-state index contributed by atoms with van der Waals surface area (Å²) in [5.41, 5.74) is 1.67. The average molecular weight is 304 g/mol. The molecular weight excluding hydrogens is 286 g/mol. The standard InChI is InChI=1S/C17H18ClNO2/c1-3-15(21-16-10-5-4-7-12(16)2)17(20)19-14-9-6-8-13(18)11-14/h4-11,15H,3H2,1-2H3,(H,19,20)/t15-/m0/s1. The van der Waals surface area contributed by atoms with E-state index >= 15 is 0 Å². The van der Waals surface area contributed by atoms with Crippen LogP contribution in [-0.2, 0) is 4.79 Å². The Morgan fingerprint density at radius 2 is 2.00 bits per heavy atom. The molecule has 0 spiro atoms. The number of benzene rings is 2. The normalized spacial score (nSPS) is 11.8. The molecule has 0 heterocycles. The van der Waals surface area contributed by atoms with Crippen molar-refractivity contribution in [2.24, 2.45) is 0 Å². The van der Waals surface area contributed by atoms with Crippen molar-refractivity contribution >= 4 is 23.2 Å². The van der Waals surface area contributed by atoms with Crippen LogP contribution >= 0.6 is 11.6 Å². The monoisotopic (exact) mass is 303 g/mol. The molecule has 0 radical (unpaired) electrons. The topological polar surface area (TPSA) is 38.3 Å². The first-order chi connectivity index (χ1) is 10.1. The SMILES string of the molecule is CC[C@H](Oc1ccccc1C)C(=O)Nc1cccc(Cl)c1. The van der Waals surface area contributed by atoms with Gasteiger partial charge in [-0.2, -0.15) is 0 Å². The summed E-state index contributed by atoms with van der Waals surface area (Å²) in [4.78, 5) is 12.3. The highest BCUT2D eigenvalue weighted by molar-refractivity contribution is 6.30. The van der Waals surface area contributed by atoms with Crippen molar-refractivity contribution < 1.29 is 9.53 Å². The highest BCUT2D eigenvalue weighted by atomic mass is 35.5. The number of carbonyl (C=O) groups is 1. The molecule has 0 aliphatic rings. The van der Waals surface area contributed by atoms with E-state index in [1.165, 1.54) is 0 Å². The Bertz CT molecular complexity index is 628. The molecule has 0 bridgehead atoms. The number of hydrogen-bond donors (Lipinski definition) is 1. The van der Waals surface area contributed by atoms with Gasteiger partial charge < -0.3 is 10.1 Å². The van der Waals surface area contributed by atoms with E-state index in [1.54, 1.807) is 24.3 Å². The molecule has 0 unspecified atom stereocenters. The zero-order chi connectivity index (χ0) is 15.2. The number of halogens is 1. The first-order valence-electron chi connectivity index (χ1n) is 6.89. The van der Waals surface area contributed by atoms with Crippen molar-refractivity contribution in [1.82, 2.24) is 0 Å². The molecule has 4 heteroatoms. The van der Waals surface area contributed by atoms with Crippen molar-refractivity contribution in [1.29, 1.82) is 0 Å². The molecule has 0 aliphatic carbocycles. The molecule has 0 fully saturated rings. The van der Waals surface area contributed by atoms with Crippen LogP contribution in [0.15, 0.2) is 48.5 Å². The summed E-state index contributed by atoms with van der Waals surface area (Å²) < 4.78 is 5.81. The Hall–Kier alpha value is -2.00. The minimum Gasteiger partial charge on any atom is -0.480 e. The van der Waals surface area contributed by atoms with Crippen molar-refractivity contribution in [3.63, 3.8) is 0 Å². The van der Waals surface area contributed by atoms with E-state index in [0.29, 0.717) is 17.1 Å². The van der Waals surface area contributed by atoms with E-state index in [9.17, 15) is 4.79 Å². The van der Waals surface area contributed by atoms with Gasteiger partial charge in [0.05, 0.1) is 0 Å². The molecule has 0 aliphatic heterocycles. The van der Waals surface area contributed by atoms with Crippen LogP contribution in [0.4, 0.5) is 5.69 Å².